The first-order chi connectivity index (χ1) is 13.8. The zero-order valence-corrected chi connectivity index (χ0v) is 17.8. The fourth-order valence-corrected chi connectivity index (χ4v) is 4.11. The predicted octanol–water partition coefficient (Wildman–Crippen LogP) is 2.98. The number of hydrogen-bond donors (Lipinski definition) is 1. The summed E-state index contributed by atoms with van der Waals surface area (Å²) in [6.45, 7) is 10.1. The molecule has 8 heteroatoms. The van der Waals surface area contributed by atoms with Crippen molar-refractivity contribution in [2.75, 3.05) is 37.6 Å². The summed E-state index contributed by atoms with van der Waals surface area (Å²) in [6.07, 6.45) is 0. The highest BCUT2D eigenvalue weighted by molar-refractivity contribution is 7.89. The molecule has 0 unspecified atom stereocenters. The van der Waals surface area contributed by atoms with Crippen LogP contribution in [0, 0.1) is 12.7 Å². The third kappa shape index (κ3) is 5.13. The summed E-state index contributed by atoms with van der Waals surface area (Å²) in [7, 11) is -3.77. The fourth-order valence-electron chi connectivity index (χ4n) is 3.26. The van der Waals surface area contributed by atoms with Crippen molar-refractivity contribution < 1.29 is 12.8 Å². The van der Waals surface area contributed by atoms with E-state index in [1.54, 1.807) is 31.2 Å². The van der Waals surface area contributed by atoms with Crippen LogP contribution in [0.2, 0.25) is 0 Å². The molecule has 1 heterocycles. The van der Waals surface area contributed by atoms with Gasteiger partial charge in [0.1, 0.15) is 5.82 Å². The molecule has 1 fully saturated rings. The summed E-state index contributed by atoms with van der Waals surface area (Å²) in [4.78, 5) is 6.73. The van der Waals surface area contributed by atoms with Crippen molar-refractivity contribution in [3.8, 4) is 0 Å². The number of hydrogen-bond acceptors (Lipinski definition) is 5. The summed E-state index contributed by atoms with van der Waals surface area (Å²) in [5.41, 5.74) is 2.46. The van der Waals surface area contributed by atoms with Gasteiger partial charge >= 0.3 is 0 Å². The number of likely N-dealkylation sites (N-methyl/N-ethyl adjacent to an activating group) is 1. The van der Waals surface area contributed by atoms with E-state index < -0.39 is 10.0 Å². The van der Waals surface area contributed by atoms with Crippen molar-refractivity contribution in [3.05, 3.63) is 59.4 Å². The lowest BCUT2D eigenvalue weighted by molar-refractivity contribution is 0.270. The van der Waals surface area contributed by atoms with Gasteiger partial charge in [-0.2, -0.15) is 18.4 Å². The monoisotopic (exact) mass is 418 g/mol. The Balaban J connectivity index is 1.71. The smallest absolute Gasteiger partial charge is 0.276 e. The molecule has 1 saturated heterocycles. The molecule has 1 N–H and O–H groups in total. The highest BCUT2D eigenvalue weighted by atomic mass is 32.2. The maximum atomic E-state index is 14.7. The SMILES string of the molecule is CCN1CCN(c2ccc(/C(C)=N\NS(=O)(=O)c3ccc(C)cc3)cc2F)CC1. The van der Waals surface area contributed by atoms with Crippen LogP contribution in [0.25, 0.3) is 0 Å². The van der Waals surface area contributed by atoms with Crippen LogP contribution >= 0.6 is 0 Å². The number of rotatable bonds is 6. The highest BCUT2D eigenvalue weighted by Gasteiger charge is 2.19. The van der Waals surface area contributed by atoms with Gasteiger partial charge in [-0.05, 0) is 44.7 Å². The molecule has 2 aromatic carbocycles. The maximum absolute atomic E-state index is 14.7. The average Bonchev–Trinajstić information content (AvgIpc) is 2.72. The Bertz CT molecular complexity index is 982. The normalized spacial score (nSPS) is 16.1. The summed E-state index contributed by atoms with van der Waals surface area (Å²) >= 11 is 0. The molecule has 2 aromatic rings. The first-order valence-corrected chi connectivity index (χ1v) is 11.2. The van der Waals surface area contributed by atoms with Gasteiger partial charge in [-0.1, -0.05) is 30.7 Å². The minimum atomic E-state index is -3.77. The van der Waals surface area contributed by atoms with Gasteiger partial charge in [-0.25, -0.2) is 4.39 Å². The third-order valence-electron chi connectivity index (χ3n) is 5.19. The Morgan fingerprint density at radius 2 is 1.76 bits per heavy atom. The van der Waals surface area contributed by atoms with E-state index in [-0.39, 0.29) is 10.7 Å². The van der Waals surface area contributed by atoms with E-state index in [0.717, 1.165) is 38.3 Å². The summed E-state index contributed by atoms with van der Waals surface area (Å²) in [6, 6.07) is 11.4. The summed E-state index contributed by atoms with van der Waals surface area (Å²) < 4.78 is 39.4. The van der Waals surface area contributed by atoms with E-state index in [2.05, 4.69) is 21.8 Å². The molecule has 29 heavy (non-hydrogen) atoms. The molecule has 0 amide bonds. The molecule has 3 rings (SSSR count). The molecule has 0 saturated carbocycles. The zero-order valence-electron chi connectivity index (χ0n) is 17.0. The van der Waals surface area contributed by atoms with Gasteiger partial charge in [0.2, 0.25) is 0 Å². The number of piperazine rings is 1. The molecular weight excluding hydrogens is 391 g/mol. The molecule has 6 nitrogen and oxygen atoms in total. The Kier molecular flexibility index (Phi) is 6.54. The van der Waals surface area contributed by atoms with Crippen LogP contribution in [0.1, 0.15) is 25.0 Å². The molecular formula is C21H27FN4O2S. The van der Waals surface area contributed by atoms with Gasteiger partial charge < -0.3 is 9.80 Å². The van der Waals surface area contributed by atoms with E-state index in [1.807, 2.05) is 11.8 Å². The first-order valence-electron chi connectivity index (χ1n) is 9.70. The van der Waals surface area contributed by atoms with Crippen LogP contribution in [-0.4, -0.2) is 51.8 Å². The minimum Gasteiger partial charge on any atom is -0.367 e. The molecule has 0 radical (unpaired) electrons. The van der Waals surface area contributed by atoms with E-state index >= 15 is 0 Å². The Morgan fingerprint density at radius 1 is 1.10 bits per heavy atom. The number of aryl methyl sites for hydroxylation is 1. The van der Waals surface area contributed by atoms with Crippen LogP contribution in [0.3, 0.4) is 0 Å². The first kappa shape index (κ1) is 21.3. The van der Waals surface area contributed by atoms with Gasteiger partial charge in [0.15, 0.2) is 0 Å². The third-order valence-corrected chi connectivity index (χ3v) is 6.41. The number of nitrogens with one attached hydrogen (secondary N) is 1. The average molecular weight is 419 g/mol. The van der Waals surface area contributed by atoms with Gasteiger partial charge in [0.05, 0.1) is 16.3 Å². The van der Waals surface area contributed by atoms with E-state index in [4.69, 9.17) is 0 Å². The molecule has 0 spiro atoms. The number of anilines is 1. The van der Waals surface area contributed by atoms with Crippen LogP contribution in [0.4, 0.5) is 10.1 Å². The number of sulfonamides is 1. The Morgan fingerprint density at radius 3 is 2.34 bits per heavy atom. The standard InChI is InChI=1S/C21H27FN4O2S/c1-4-25-11-13-26(14-12-25)21-10-7-18(15-20(21)22)17(3)23-24-29(27,28)19-8-5-16(2)6-9-19/h5-10,15,24H,4,11-14H2,1-3H3/b23-17-. The molecule has 156 valence electrons. The molecule has 1 aliphatic rings. The number of halogens is 1. The molecule has 0 aliphatic carbocycles. The van der Waals surface area contributed by atoms with E-state index in [0.29, 0.717) is 17.0 Å². The van der Waals surface area contributed by atoms with Crippen molar-refractivity contribution >= 4 is 21.4 Å². The predicted molar refractivity (Wildman–Crippen MR) is 114 cm³/mol. The van der Waals surface area contributed by atoms with Crippen LogP contribution in [-0.2, 0) is 10.0 Å². The lowest BCUT2D eigenvalue weighted by Gasteiger charge is -2.35. The zero-order chi connectivity index (χ0) is 21.0. The second-order valence-electron chi connectivity index (χ2n) is 7.19. The van der Waals surface area contributed by atoms with E-state index in [9.17, 15) is 12.8 Å². The number of nitrogens with zero attached hydrogens (tertiary/aromatic N) is 3. The fraction of sp³-hybridized carbons (Fsp3) is 0.381. The Labute approximate surface area is 172 Å². The van der Waals surface area contributed by atoms with Gasteiger partial charge in [-0.15, -0.1) is 0 Å². The minimum absolute atomic E-state index is 0.132. The van der Waals surface area contributed by atoms with Gasteiger partial charge in [-0.3, -0.25) is 0 Å². The Hall–Kier alpha value is -2.45. The highest BCUT2D eigenvalue weighted by Crippen LogP contribution is 2.22. The number of benzene rings is 2. The van der Waals surface area contributed by atoms with Crippen LogP contribution < -0.4 is 9.73 Å². The molecule has 0 bridgehead atoms. The lowest BCUT2D eigenvalue weighted by atomic mass is 10.1. The second-order valence-corrected chi connectivity index (χ2v) is 8.85. The van der Waals surface area contributed by atoms with Crippen molar-refractivity contribution in [1.82, 2.24) is 9.73 Å². The maximum Gasteiger partial charge on any atom is 0.276 e. The largest absolute Gasteiger partial charge is 0.367 e. The molecule has 0 atom stereocenters. The molecule has 1 aliphatic heterocycles. The number of hydrazone groups is 1. The van der Waals surface area contributed by atoms with Crippen molar-refractivity contribution in [3.63, 3.8) is 0 Å². The van der Waals surface area contributed by atoms with Crippen LogP contribution in [0.5, 0.6) is 0 Å². The van der Waals surface area contributed by atoms with Gasteiger partial charge in [0, 0.05) is 31.7 Å². The summed E-state index contributed by atoms with van der Waals surface area (Å²) in [5, 5.41) is 3.96. The summed E-state index contributed by atoms with van der Waals surface area (Å²) in [5.74, 6) is -0.330. The van der Waals surface area contributed by atoms with E-state index in [1.165, 1.54) is 18.2 Å². The van der Waals surface area contributed by atoms with Crippen LogP contribution in [0.15, 0.2) is 52.5 Å². The van der Waals surface area contributed by atoms with Crippen molar-refractivity contribution in [2.24, 2.45) is 5.10 Å². The van der Waals surface area contributed by atoms with Crippen molar-refractivity contribution in [2.45, 2.75) is 25.7 Å². The second kappa shape index (κ2) is 8.92. The lowest BCUT2D eigenvalue weighted by Crippen LogP contribution is -2.46. The van der Waals surface area contributed by atoms with Crippen molar-refractivity contribution in [1.29, 1.82) is 0 Å². The topological polar surface area (TPSA) is 65.0 Å². The quantitative estimate of drug-likeness (QED) is 0.579. The van der Waals surface area contributed by atoms with Gasteiger partial charge in [0.25, 0.3) is 10.0 Å². The molecule has 0 aromatic heterocycles.